The van der Waals surface area contributed by atoms with Crippen molar-refractivity contribution >= 4 is 15.9 Å². The van der Waals surface area contributed by atoms with E-state index in [9.17, 15) is 0 Å². The van der Waals surface area contributed by atoms with Crippen LogP contribution in [0, 0.1) is 0 Å². The van der Waals surface area contributed by atoms with Crippen LogP contribution < -0.4 is 0 Å². The van der Waals surface area contributed by atoms with E-state index in [0.717, 1.165) is 15.6 Å². The van der Waals surface area contributed by atoms with E-state index in [1.165, 1.54) is 0 Å². The first-order chi connectivity index (χ1) is 6.38. The number of halogens is 1. The molecule has 0 N–H and O–H groups in total. The number of nitrogens with zero attached hydrogens (tertiary/aromatic N) is 2. The van der Waals surface area contributed by atoms with Gasteiger partial charge in [-0.15, -0.1) is 0 Å². The Bertz CT molecular complexity index is 401. The third-order valence-corrected chi connectivity index (χ3v) is 2.38. The number of aromatic nitrogens is 2. The Morgan fingerprint density at radius 1 is 1.00 bits per heavy atom. The van der Waals surface area contributed by atoms with Crippen molar-refractivity contribution in [2.45, 2.75) is 0 Å². The van der Waals surface area contributed by atoms with Crippen LogP contribution in [0.4, 0.5) is 0 Å². The first kappa shape index (κ1) is 8.38. The molecule has 64 valence electrons. The SMILES string of the molecule is Brc1cnccc1-c1cccnc1. The molecule has 0 amide bonds. The van der Waals surface area contributed by atoms with Gasteiger partial charge >= 0.3 is 0 Å². The number of hydrogen-bond donors (Lipinski definition) is 0. The van der Waals surface area contributed by atoms with Crippen molar-refractivity contribution in [1.29, 1.82) is 0 Å². The van der Waals surface area contributed by atoms with E-state index in [0.29, 0.717) is 0 Å². The molecule has 0 unspecified atom stereocenters. The van der Waals surface area contributed by atoms with Crippen LogP contribution in [-0.2, 0) is 0 Å². The van der Waals surface area contributed by atoms with Gasteiger partial charge in [0.2, 0.25) is 0 Å². The van der Waals surface area contributed by atoms with Crippen LogP contribution in [0.3, 0.4) is 0 Å². The van der Waals surface area contributed by atoms with Crippen LogP contribution in [0.25, 0.3) is 11.1 Å². The molecule has 2 nitrogen and oxygen atoms in total. The third-order valence-electron chi connectivity index (χ3n) is 1.74. The van der Waals surface area contributed by atoms with Crippen LogP contribution in [0.2, 0.25) is 0 Å². The van der Waals surface area contributed by atoms with Gasteiger partial charge in [-0.3, -0.25) is 9.97 Å². The molecule has 0 aliphatic rings. The zero-order chi connectivity index (χ0) is 9.10. The van der Waals surface area contributed by atoms with Gasteiger partial charge in [-0.25, -0.2) is 0 Å². The largest absolute Gasteiger partial charge is 0.264 e. The lowest BCUT2D eigenvalue weighted by Gasteiger charge is -2.01. The average molecular weight is 235 g/mol. The Morgan fingerprint density at radius 3 is 2.54 bits per heavy atom. The van der Waals surface area contributed by atoms with Crippen LogP contribution in [0.15, 0.2) is 47.5 Å². The summed E-state index contributed by atoms with van der Waals surface area (Å²) in [4.78, 5) is 8.06. The van der Waals surface area contributed by atoms with Crippen molar-refractivity contribution in [3.8, 4) is 11.1 Å². The number of pyridine rings is 2. The summed E-state index contributed by atoms with van der Waals surface area (Å²) in [6.07, 6.45) is 7.15. The summed E-state index contributed by atoms with van der Waals surface area (Å²) in [6, 6.07) is 5.90. The standard InChI is InChI=1S/C10H7BrN2/c11-10-7-13-5-3-9(10)8-2-1-4-12-6-8/h1-7H. The third kappa shape index (κ3) is 1.75. The molecule has 3 heteroatoms. The second-order valence-corrected chi connectivity index (χ2v) is 3.45. The van der Waals surface area contributed by atoms with Gasteiger partial charge in [-0.05, 0) is 28.1 Å². The fraction of sp³-hybridized carbons (Fsp3) is 0. The van der Waals surface area contributed by atoms with Crippen molar-refractivity contribution in [1.82, 2.24) is 9.97 Å². The molecule has 2 heterocycles. The van der Waals surface area contributed by atoms with Gasteiger partial charge in [0, 0.05) is 40.4 Å². The zero-order valence-corrected chi connectivity index (χ0v) is 8.40. The Balaban J connectivity index is 2.54. The van der Waals surface area contributed by atoms with Crippen LogP contribution in [-0.4, -0.2) is 9.97 Å². The second kappa shape index (κ2) is 3.66. The maximum absolute atomic E-state index is 4.06. The van der Waals surface area contributed by atoms with E-state index in [1.54, 1.807) is 18.6 Å². The Kier molecular flexibility index (Phi) is 2.36. The van der Waals surface area contributed by atoms with Crippen LogP contribution in [0.1, 0.15) is 0 Å². The van der Waals surface area contributed by atoms with Crippen LogP contribution >= 0.6 is 15.9 Å². The Labute approximate surface area is 84.8 Å². The Morgan fingerprint density at radius 2 is 1.85 bits per heavy atom. The van der Waals surface area contributed by atoms with Crippen molar-refractivity contribution in [2.24, 2.45) is 0 Å². The summed E-state index contributed by atoms with van der Waals surface area (Å²) < 4.78 is 0.989. The van der Waals surface area contributed by atoms with Gasteiger partial charge in [0.15, 0.2) is 0 Å². The zero-order valence-electron chi connectivity index (χ0n) is 6.81. The molecule has 0 spiro atoms. The summed E-state index contributed by atoms with van der Waals surface area (Å²) in [7, 11) is 0. The minimum absolute atomic E-state index is 0.989. The lowest BCUT2D eigenvalue weighted by atomic mass is 10.1. The van der Waals surface area contributed by atoms with E-state index >= 15 is 0 Å². The van der Waals surface area contributed by atoms with Crippen molar-refractivity contribution in [2.75, 3.05) is 0 Å². The molecule has 0 radical (unpaired) electrons. The van der Waals surface area contributed by atoms with Crippen molar-refractivity contribution < 1.29 is 0 Å². The first-order valence-electron chi connectivity index (χ1n) is 3.88. The predicted molar refractivity (Wildman–Crippen MR) is 55.2 cm³/mol. The van der Waals surface area contributed by atoms with Gasteiger partial charge in [0.25, 0.3) is 0 Å². The van der Waals surface area contributed by atoms with E-state index in [-0.39, 0.29) is 0 Å². The normalized spacial score (nSPS) is 9.92. The van der Waals surface area contributed by atoms with Gasteiger partial charge in [-0.1, -0.05) is 6.07 Å². The molecule has 0 aromatic carbocycles. The molecule has 0 atom stereocenters. The second-order valence-electron chi connectivity index (χ2n) is 2.60. The Hall–Kier alpha value is -1.22. The minimum atomic E-state index is 0.989. The summed E-state index contributed by atoms with van der Waals surface area (Å²) in [6.45, 7) is 0. The molecular formula is C10H7BrN2. The molecule has 2 rings (SSSR count). The molecule has 0 bridgehead atoms. The summed E-state index contributed by atoms with van der Waals surface area (Å²) >= 11 is 3.44. The maximum Gasteiger partial charge on any atom is 0.0437 e. The van der Waals surface area contributed by atoms with Crippen molar-refractivity contribution in [3.05, 3.63) is 47.5 Å². The fourth-order valence-electron chi connectivity index (χ4n) is 1.13. The van der Waals surface area contributed by atoms with Gasteiger partial charge in [0.1, 0.15) is 0 Å². The molecule has 2 aromatic rings. The molecule has 2 aromatic heterocycles. The highest BCUT2D eigenvalue weighted by molar-refractivity contribution is 9.10. The minimum Gasteiger partial charge on any atom is -0.264 e. The summed E-state index contributed by atoms with van der Waals surface area (Å²) in [5, 5.41) is 0. The van der Waals surface area contributed by atoms with Crippen LogP contribution in [0.5, 0.6) is 0 Å². The highest BCUT2D eigenvalue weighted by atomic mass is 79.9. The monoisotopic (exact) mass is 234 g/mol. The first-order valence-corrected chi connectivity index (χ1v) is 4.67. The molecular weight excluding hydrogens is 228 g/mol. The quantitative estimate of drug-likeness (QED) is 0.759. The maximum atomic E-state index is 4.06. The van der Waals surface area contributed by atoms with E-state index < -0.39 is 0 Å². The molecule has 13 heavy (non-hydrogen) atoms. The highest BCUT2D eigenvalue weighted by Gasteiger charge is 2.00. The van der Waals surface area contributed by atoms with E-state index in [2.05, 4.69) is 25.9 Å². The average Bonchev–Trinajstić information content (AvgIpc) is 2.20. The molecule has 0 aliphatic carbocycles. The van der Waals surface area contributed by atoms with Crippen molar-refractivity contribution in [3.63, 3.8) is 0 Å². The molecule has 0 saturated carbocycles. The van der Waals surface area contributed by atoms with Gasteiger partial charge < -0.3 is 0 Å². The number of hydrogen-bond acceptors (Lipinski definition) is 2. The smallest absolute Gasteiger partial charge is 0.0437 e. The topological polar surface area (TPSA) is 25.8 Å². The molecule has 0 saturated heterocycles. The summed E-state index contributed by atoms with van der Waals surface area (Å²) in [5.41, 5.74) is 2.21. The molecule has 0 aliphatic heterocycles. The number of rotatable bonds is 1. The van der Waals surface area contributed by atoms with Gasteiger partial charge in [0.05, 0.1) is 0 Å². The molecule has 0 fully saturated rings. The highest BCUT2D eigenvalue weighted by Crippen LogP contribution is 2.25. The lowest BCUT2D eigenvalue weighted by Crippen LogP contribution is -1.81. The fourth-order valence-corrected chi connectivity index (χ4v) is 1.61. The van der Waals surface area contributed by atoms with Gasteiger partial charge in [-0.2, -0.15) is 0 Å². The van der Waals surface area contributed by atoms with E-state index in [1.807, 2.05) is 24.4 Å². The predicted octanol–water partition coefficient (Wildman–Crippen LogP) is 2.91. The summed E-state index contributed by atoms with van der Waals surface area (Å²) in [5.74, 6) is 0. The van der Waals surface area contributed by atoms with E-state index in [4.69, 9.17) is 0 Å². The lowest BCUT2D eigenvalue weighted by molar-refractivity contribution is 1.29.